The van der Waals surface area contributed by atoms with Crippen molar-refractivity contribution in [2.75, 3.05) is 5.32 Å². The SMILES string of the molecule is NC(=O)Nc1ccc(-c2ccc(C(F)(F)F)cc2)cc1[N+](=O)[O-]. The quantitative estimate of drug-likeness (QED) is 0.664. The smallest absolute Gasteiger partial charge is 0.351 e. The summed E-state index contributed by atoms with van der Waals surface area (Å²) >= 11 is 0. The summed E-state index contributed by atoms with van der Waals surface area (Å²) in [5.74, 6) is 0. The summed E-state index contributed by atoms with van der Waals surface area (Å²) in [5, 5.41) is 13.1. The molecule has 2 rings (SSSR count). The van der Waals surface area contributed by atoms with Gasteiger partial charge in [-0.15, -0.1) is 0 Å². The van der Waals surface area contributed by atoms with E-state index in [0.29, 0.717) is 11.1 Å². The molecule has 6 nitrogen and oxygen atoms in total. The maximum absolute atomic E-state index is 12.5. The second kappa shape index (κ2) is 5.95. The normalized spacial score (nSPS) is 11.1. The van der Waals surface area contributed by atoms with Crippen molar-refractivity contribution >= 4 is 17.4 Å². The number of carbonyl (C=O) groups excluding carboxylic acids is 1. The van der Waals surface area contributed by atoms with Crippen LogP contribution in [0.1, 0.15) is 5.56 Å². The molecular formula is C14H10F3N3O3. The van der Waals surface area contributed by atoms with Crippen LogP contribution in [0.4, 0.5) is 29.3 Å². The Morgan fingerprint density at radius 3 is 2.13 bits per heavy atom. The number of benzene rings is 2. The Kier molecular flexibility index (Phi) is 4.21. The first-order valence-electron chi connectivity index (χ1n) is 6.21. The largest absolute Gasteiger partial charge is 0.416 e. The van der Waals surface area contributed by atoms with Crippen molar-refractivity contribution < 1.29 is 22.9 Å². The van der Waals surface area contributed by atoms with Crippen LogP contribution in [0.15, 0.2) is 42.5 Å². The standard InChI is InChI=1S/C14H10F3N3O3/c15-14(16,17)10-4-1-8(2-5-10)9-3-6-11(19-13(18)21)12(7-9)20(22)23/h1-7H,(H3,18,19,21). The zero-order valence-corrected chi connectivity index (χ0v) is 11.4. The van der Waals surface area contributed by atoms with Gasteiger partial charge in [0.05, 0.1) is 10.5 Å². The van der Waals surface area contributed by atoms with E-state index in [1.807, 2.05) is 0 Å². The van der Waals surface area contributed by atoms with Gasteiger partial charge in [0.2, 0.25) is 0 Å². The van der Waals surface area contributed by atoms with E-state index in [2.05, 4.69) is 5.32 Å². The highest BCUT2D eigenvalue weighted by atomic mass is 19.4. The molecule has 0 fully saturated rings. The highest BCUT2D eigenvalue weighted by Crippen LogP contribution is 2.33. The van der Waals surface area contributed by atoms with Crippen molar-refractivity contribution in [1.29, 1.82) is 0 Å². The van der Waals surface area contributed by atoms with Gasteiger partial charge in [0.1, 0.15) is 5.69 Å². The minimum Gasteiger partial charge on any atom is -0.351 e. The lowest BCUT2D eigenvalue weighted by Gasteiger charge is -2.09. The van der Waals surface area contributed by atoms with Crippen LogP contribution in [0.25, 0.3) is 11.1 Å². The average Bonchev–Trinajstić information content (AvgIpc) is 2.46. The van der Waals surface area contributed by atoms with Crippen molar-refractivity contribution in [3.8, 4) is 11.1 Å². The van der Waals surface area contributed by atoms with Crippen LogP contribution in [0, 0.1) is 10.1 Å². The first-order valence-corrected chi connectivity index (χ1v) is 6.21. The molecule has 0 aromatic heterocycles. The van der Waals surface area contributed by atoms with Gasteiger partial charge in [-0.2, -0.15) is 13.2 Å². The summed E-state index contributed by atoms with van der Waals surface area (Å²) in [4.78, 5) is 21.1. The second-order valence-electron chi connectivity index (χ2n) is 4.55. The van der Waals surface area contributed by atoms with Gasteiger partial charge in [-0.1, -0.05) is 18.2 Å². The van der Waals surface area contributed by atoms with Gasteiger partial charge in [-0.25, -0.2) is 4.79 Å². The number of halogens is 3. The van der Waals surface area contributed by atoms with Crippen LogP contribution in [0.5, 0.6) is 0 Å². The molecule has 0 heterocycles. The number of alkyl halides is 3. The number of urea groups is 1. The molecular weight excluding hydrogens is 315 g/mol. The minimum atomic E-state index is -4.46. The molecule has 0 atom stereocenters. The Bertz CT molecular complexity index is 758. The molecule has 120 valence electrons. The van der Waals surface area contributed by atoms with E-state index >= 15 is 0 Å². The fraction of sp³-hybridized carbons (Fsp3) is 0.0714. The predicted molar refractivity (Wildman–Crippen MR) is 76.7 cm³/mol. The molecule has 0 saturated heterocycles. The highest BCUT2D eigenvalue weighted by molar-refractivity contribution is 5.91. The molecule has 0 saturated carbocycles. The Labute approximate surface area is 127 Å². The molecule has 0 aliphatic rings. The summed E-state index contributed by atoms with van der Waals surface area (Å²) in [5.41, 5.74) is 4.29. The van der Waals surface area contributed by atoms with E-state index in [-0.39, 0.29) is 5.69 Å². The maximum atomic E-state index is 12.5. The molecule has 0 unspecified atom stereocenters. The molecule has 3 N–H and O–H groups in total. The van der Waals surface area contributed by atoms with Crippen molar-refractivity contribution in [2.24, 2.45) is 5.73 Å². The molecule has 2 aromatic rings. The van der Waals surface area contributed by atoms with E-state index < -0.39 is 28.4 Å². The number of rotatable bonds is 3. The van der Waals surface area contributed by atoms with Gasteiger partial charge in [-0.05, 0) is 29.3 Å². The molecule has 0 spiro atoms. The Morgan fingerprint density at radius 1 is 1.09 bits per heavy atom. The van der Waals surface area contributed by atoms with Crippen molar-refractivity contribution in [3.05, 3.63) is 58.1 Å². The lowest BCUT2D eigenvalue weighted by atomic mass is 10.0. The first-order chi connectivity index (χ1) is 10.7. The van der Waals surface area contributed by atoms with Crippen LogP contribution < -0.4 is 11.1 Å². The Hall–Kier alpha value is -3.10. The predicted octanol–water partition coefficient (Wildman–Crippen LogP) is 3.77. The summed E-state index contributed by atoms with van der Waals surface area (Å²) in [6, 6.07) is 7.07. The molecule has 2 amide bonds. The molecule has 0 bridgehead atoms. The number of hydrogen-bond acceptors (Lipinski definition) is 3. The molecule has 23 heavy (non-hydrogen) atoms. The number of nitro groups is 1. The van der Waals surface area contributed by atoms with Gasteiger partial charge in [-0.3, -0.25) is 10.1 Å². The number of nitrogens with zero attached hydrogens (tertiary/aromatic N) is 1. The summed E-state index contributed by atoms with van der Waals surface area (Å²) in [6.45, 7) is 0. The maximum Gasteiger partial charge on any atom is 0.416 e. The van der Waals surface area contributed by atoms with Gasteiger partial charge < -0.3 is 11.1 Å². The summed E-state index contributed by atoms with van der Waals surface area (Å²) in [6.07, 6.45) is -4.46. The van der Waals surface area contributed by atoms with Gasteiger partial charge in [0.15, 0.2) is 0 Å². The highest BCUT2D eigenvalue weighted by Gasteiger charge is 2.30. The second-order valence-corrected chi connectivity index (χ2v) is 4.55. The number of nitrogens with one attached hydrogen (secondary N) is 1. The minimum absolute atomic E-state index is 0.0989. The van der Waals surface area contributed by atoms with Gasteiger partial charge in [0, 0.05) is 6.07 Å². The number of anilines is 1. The Balaban J connectivity index is 2.42. The zero-order valence-electron chi connectivity index (χ0n) is 11.4. The van der Waals surface area contributed by atoms with Crippen molar-refractivity contribution in [3.63, 3.8) is 0 Å². The molecule has 9 heteroatoms. The van der Waals surface area contributed by atoms with E-state index in [1.165, 1.54) is 24.3 Å². The summed E-state index contributed by atoms with van der Waals surface area (Å²) < 4.78 is 37.6. The zero-order chi connectivity index (χ0) is 17.2. The number of amides is 2. The fourth-order valence-corrected chi connectivity index (χ4v) is 1.95. The van der Waals surface area contributed by atoms with Gasteiger partial charge in [0.25, 0.3) is 5.69 Å². The van der Waals surface area contributed by atoms with Gasteiger partial charge >= 0.3 is 12.2 Å². The lowest BCUT2D eigenvalue weighted by Crippen LogP contribution is -2.19. The van der Waals surface area contributed by atoms with Crippen LogP contribution in [-0.4, -0.2) is 11.0 Å². The number of carbonyl (C=O) groups is 1. The number of nitro benzene ring substituents is 1. The van der Waals surface area contributed by atoms with Crippen LogP contribution in [0.3, 0.4) is 0 Å². The van der Waals surface area contributed by atoms with Crippen molar-refractivity contribution in [1.82, 2.24) is 0 Å². The third-order valence-electron chi connectivity index (χ3n) is 3.00. The first kappa shape index (κ1) is 16.3. The molecule has 2 aromatic carbocycles. The van der Waals surface area contributed by atoms with E-state index in [0.717, 1.165) is 18.2 Å². The Morgan fingerprint density at radius 2 is 1.65 bits per heavy atom. The number of nitrogens with two attached hydrogens (primary N) is 1. The third kappa shape index (κ3) is 3.76. The van der Waals surface area contributed by atoms with Crippen LogP contribution >= 0.6 is 0 Å². The average molecular weight is 325 g/mol. The molecule has 0 aliphatic carbocycles. The molecule has 0 radical (unpaired) electrons. The topological polar surface area (TPSA) is 98.3 Å². The lowest BCUT2D eigenvalue weighted by molar-refractivity contribution is -0.383. The number of primary amides is 1. The molecule has 0 aliphatic heterocycles. The van der Waals surface area contributed by atoms with Crippen molar-refractivity contribution in [2.45, 2.75) is 6.18 Å². The fourth-order valence-electron chi connectivity index (χ4n) is 1.95. The van der Waals surface area contributed by atoms with E-state index in [1.54, 1.807) is 0 Å². The van der Waals surface area contributed by atoms with E-state index in [9.17, 15) is 28.1 Å². The summed E-state index contributed by atoms with van der Waals surface area (Å²) in [7, 11) is 0. The third-order valence-corrected chi connectivity index (χ3v) is 3.00. The number of hydrogen-bond donors (Lipinski definition) is 2. The monoisotopic (exact) mass is 325 g/mol. The van der Waals surface area contributed by atoms with E-state index in [4.69, 9.17) is 5.73 Å². The van der Waals surface area contributed by atoms with Crippen LogP contribution in [0.2, 0.25) is 0 Å². The van der Waals surface area contributed by atoms with Crippen LogP contribution in [-0.2, 0) is 6.18 Å².